The number of carbonyl (C=O) groups excluding carboxylic acids is 3. The predicted octanol–water partition coefficient (Wildman–Crippen LogP) is 5.89. The van der Waals surface area contributed by atoms with Gasteiger partial charge in [-0.05, 0) is 45.8 Å². The summed E-state index contributed by atoms with van der Waals surface area (Å²) in [6.45, 7) is 0. The summed E-state index contributed by atoms with van der Waals surface area (Å²) < 4.78 is 11.3. The molecule has 0 spiro atoms. The van der Waals surface area contributed by atoms with Crippen LogP contribution >= 0.6 is 0 Å². The minimum Gasteiger partial charge on any atom is -0.419 e. The lowest BCUT2D eigenvalue weighted by Crippen LogP contribution is -2.14. The zero-order chi connectivity index (χ0) is 23.5. The SMILES string of the molecule is O=[C]c1c(OC(=O)c2ccccc2)c(OC(=O)c2cccc3ccccc23)cc2ccccc12. The molecule has 0 aromatic heterocycles. The van der Waals surface area contributed by atoms with E-state index in [0.29, 0.717) is 21.9 Å². The summed E-state index contributed by atoms with van der Waals surface area (Å²) in [6.07, 6.45) is 1.86. The normalized spacial score (nSPS) is 10.7. The molecule has 163 valence electrons. The van der Waals surface area contributed by atoms with Gasteiger partial charge in [-0.2, -0.15) is 0 Å². The topological polar surface area (TPSA) is 69.7 Å². The van der Waals surface area contributed by atoms with Crippen LogP contribution in [0, 0.1) is 0 Å². The molecule has 0 heterocycles. The van der Waals surface area contributed by atoms with Crippen molar-refractivity contribution in [1.82, 2.24) is 0 Å². The molecule has 34 heavy (non-hydrogen) atoms. The fourth-order valence-electron chi connectivity index (χ4n) is 3.87. The molecule has 0 aliphatic carbocycles. The monoisotopic (exact) mass is 445 g/mol. The Morgan fingerprint density at radius 3 is 2.03 bits per heavy atom. The first-order valence-electron chi connectivity index (χ1n) is 10.6. The van der Waals surface area contributed by atoms with Gasteiger partial charge in [-0.1, -0.05) is 78.9 Å². The van der Waals surface area contributed by atoms with Crippen molar-refractivity contribution in [3.8, 4) is 11.5 Å². The van der Waals surface area contributed by atoms with Gasteiger partial charge in [0.15, 0.2) is 11.5 Å². The lowest BCUT2D eigenvalue weighted by molar-refractivity contribution is 0.0683. The van der Waals surface area contributed by atoms with Crippen molar-refractivity contribution in [2.45, 2.75) is 0 Å². The van der Waals surface area contributed by atoms with Crippen molar-refractivity contribution in [3.05, 3.63) is 120 Å². The molecule has 0 bridgehead atoms. The number of benzene rings is 5. The van der Waals surface area contributed by atoms with Crippen LogP contribution in [0.1, 0.15) is 26.3 Å². The summed E-state index contributed by atoms with van der Waals surface area (Å²) in [7, 11) is 0. The third-order valence-electron chi connectivity index (χ3n) is 5.49. The highest BCUT2D eigenvalue weighted by Gasteiger charge is 2.23. The Labute approximate surface area is 195 Å². The van der Waals surface area contributed by atoms with Gasteiger partial charge in [0.1, 0.15) is 0 Å². The van der Waals surface area contributed by atoms with Crippen LogP contribution in [0.25, 0.3) is 21.5 Å². The molecule has 5 heteroatoms. The van der Waals surface area contributed by atoms with Crippen molar-refractivity contribution in [2.24, 2.45) is 0 Å². The van der Waals surface area contributed by atoms with Gasteiger partial charge in [0, 0.05) is 0 Å². The smallest absolute Gasteiger partial charge is 0.344 e. The molecule has 5 aromatic rings. The van der Waals surface area contributed by atoms with E-state index in [1.807, 2.05) is 36.6 Å². The van der Waals surface area contributed by atoms with Crippen LogP contribution in [-0.4, -0.2) is 18.2 Å². The Bertz CT molecular complexity index is 1550. The van der Waals surface area contributed by atoms with Crippen LogP contribution in [0.2, 0.25) is 0 Å². The molecule has 0 aliphatic rings. The van der Waals surface area contributed by atoms with E-state index in [-0.39, 0.29) is 17.1 Å². The maximum absolute atomic E-state index is 13.2. The van der Waals surface area contributed by atoms with Gasteiger partial charge >= 0.3 is 11.9 Å². The summed E-state index contributed by atoms with van der Waals surface area (Å²) >= 11 is 0. The summed E-state index contributed by atoms with van der Waals surface area (Å²) in [5.41, 5.74) is 0.644. The van der Waals surface area contributed by atoms with E-state index in [0.717, 1.165) is 10.8 Å². The van der Waals surface area contributed by atoms with Crippen LogP contribution in [0.5, 0.6) is 11.5 Å². The van der Waals surface area contributed by atoms with Gasteiger partial charge in [0.25, 0.3) is 0 Å². The Morgan fingerprint density at radius 2 is 1.26 bits per heavy atom. The Balaban J connectivity index is 1.62. The van der Waals surface area contributed by atoms with E-state index in [1.54, 1.807) is 72.8 Å². The summed E-state index contributed by atoms with van der Waals surface area (Å²) in [6, 6.07) is 29.7. The molecule has 5 aromatic carbocycles. The zero-order valence-electron chi connectivity index (χ0n) is 17.9. The van der Waals surface area contributed by atoms with Crippen LogP contribution in [0.15, 0.2) is 103 Å². The molecule has 0 saturated carbocycles. The zero-order valence-corrected chi connectivity index (χ0v) is 17.9. The number of esters is 2. The standard InChI is InChI=1S/C29H17O5/c30-18-25-23-15-7-5-12-21(23)17-26(27(25)34-28(31)20-10-2-1-3-11-20)33-29(32)24-16-8-13-19-9-4-6-14-22(19)24/h1-17H. The summed E-state index contributed by atoms with van der Waals surface area (Å²) in [4.78, 5) is 38.0. The van der Waals surface area contributed by atoms with Gasteiger partial charge in [-0.3, -0.25) is 4.79 Å². The minimum absolute atomic E-state index is 0.00287. The first-order valence-corrected chi connectivity index (χ1v) is 10.6. The van der Waals surface area contributed by atoms with E-state index in [2.05, 4.69) is 0 Å². The molecule has 0 amide bonds. The molecule has 0 atom stereocenters. The van der Waals surface area contributed by atoms with E-state index in [9.17, 15) is 14.4 Å². The number of fused-ring (bicyclic) bond motifs is 2. The number of hydrogen-bond acceptors (Lipinski definition) is 5. The van der Waals surface area contributed by atoms with Gasteiger partial charge in [-0.15, -0.1) is 0 Å². The first kappa shape index (κ1) is 21.1. The second-order valence-corrected chi connectivity index (χ2v) is 7.57. The van der Waals surface area contributed by atoms with Crippen molar-refractivity contribution >= 4 is 39.8 Å². The van der Waals surface area contributed by atoms with Crippen LogP contribution in [0.4, 0.5) is 0 Å². The average molecular weight is 445 g/mol. The van der Waals surface area contributed by atoms with Crippen LogP contribution < -0.4 is 9.47 Å². The quantitative estimate of drug-likeness (QED) is 0.249. The Morgan fingerprint density at radius 1 is 0.618 bits per heavy atom. The van der Waals surface area contributed by atoms with E-state index < -0.39 is 11.9 Å². The third-order valence-corrected chi connectivity index (χ3v) is 5.49. The minimum atomic E-state index is -0.685. The largest absolute Gasteiger partial charge is 0.419 e. The van der Waals surface area contributed by atoms with Crippen LogP contribution in [0.3, 0.4) is 0 Å². The fraction of sp³-hybridized carbons (Fsp3) is 0. The number of rotatable bonds is 5. The molecule has 0 unspecified atom stereocenters. The van der Waals surface area contributed by atoms with Crippen molar-refractivity contribution < 1.29 is 23.9 Å². The molecular weight excluding hydrogens is 428 g/mol. The molecule has 5 rings (SSSR count). The maximum atomic E-state index is 13.2. The first-order chi connectivity index (χ1) is 16.7. The average Bonchev–Trinajstić information content (AvgIpc) is 2.89. The van der Waals surface area contributed by atoms with Gasteiger partial charge in [0.05, 0.1) is 16.7 Å². The predicted molar refractivity (Wildman–Crippen MR) is 129 cm³/mol. The van der Waals surface area contributed by atoms with E-state index in [1.165, 1.54) is 0 Å². The lowest BCUT2D eigenvalue weighted by Gasteiger charge is -2.15. The van der Waals surface area contributed by atoms with E-state index in [4.69, 9.17) is 9.47 Å². The highest BCUT2D eigenvalue weighted by atomic mass is 16.6. The van der Waals surface area contributed by atoms with Crippen molar-refractivity contribution in [2.75, 3.05) is 0 Å². The highest BCUT2D eigenvalue weighted by molar-refractivity contribution is 6.07. The second-order valence-electron chi connectivity index (χ2n) is 7.57. The number of ether oxygens (including phenoxy) is 2. The second kappa shape index (κ2) is 9.00. The fourth-order valence-corrected chi connectivity index (χ4v) is 3.87. The van der Waals surface area contributed by atoms with Crippen molar-refractivity contribution in [3.63, 3.8) is 0 Å². The molecular formula is C29H17O5. The molecule has 5 nitrogen and oxygen atoms in total. The van der Waals surface area contributed by atoms with Gasteiger partial charge in [0.2, 0.25) is 6.29 Å². The highest BCUT2D eigenvalue weighted by Crippen LogP contribution is 2.38. The molecule has 0 aliphatic heterocycles. The summed E-state index contributed by atoms with van der Waals surface area (Å²) in [5, 5.41) is 2.77. The molecule has 0 fully saturated rings. The Kier molecular flexibility index (Phi) is 5.58. The molecule has 0 saturated heterocycles. The van der Waals surface area contributed by atoms with E-state index >= 15 is 0 Å². The number of carbonyl (C=O) groups is 2. The molecule has 1 radical (unpaired) electrons. The third kappa shape index (κ3) is 3.91. The lowest BCUT2D eigenvalue weighted by atomic mass is 10.0. The Hall–Kier alpha value is -4.77. The number of hydrogen-bond donors (Lipinski definition) is 0. The molecule has 0 N–H and O–H groups in total. The van der Waals surface area contributed by atoms with Gasteiger partial charge in [-0.25, -0.2) is 9.59 Å². The summed E-state index contributed by atoms with van der Waals surface area (Å²) in [5.74, 6) is -1.52. The maximum Gasteiger partial charge on any atom is 0.344 e. The van der Waals surface area contributed by atoms with Crippen molar-refractivity contribution in [1.29, 1.82) is 0 Å². The van der Waals surface area contributed by atoms with Crippen LogP contribution in [-0.2, 0) is 4.79 Å². The van der Waals surface area contributed by atoms with Gasteiger partial charge < -0.3 is 9.47 Å².